The molecule has 0 spiro atoms. The van der Waals surface area contributed by atoms with Crippen molar-refractivity contribution >= 4 is 46.4 Å². The first kappa shape index (κ1) is 15.2. The predicted molar refractivity (Wildman–Crippen MR) is 90.3 cm³/mol. The van der Waals surface area contributed by atoms with Crippen molar-refractivity contribution in [2.75, 3.05) is 4.90 Å². The zero-order valence-corrected chi connectivity index (χ0v) is 13.7. The highest BCUT2D eigenvalue weighted by molar-refractivity contribution is 6.33. The lowest BCUT2D eigenvalue weighted by molar-refractivity contribution is -0.126. The maximum absolute atomic E-state index is 12.8. The third-order valence-electron chi connectivity index (χ3n) is 4.04. The average molecular weight is 361 g/mol. The summed E-state index contributed by atoms with van der Waals surface area (Å²) in [5.41, 5.74) is 1.60. The summed E-state index contributed by atoms with van der Waals surface area (Å²) in [4.78, 5) is 31.8. The molecule has 2 heterocycles. The summed E-state index contributed by atoms with van der Waals surface area (Å²) in [6, 6.07) is 13.4. The van der Waals surface area contributed by atoms with Crippen molar-refractivity contribution in [1.82, 2.24) is 0 Å². The fourth-order valence-electron chi connectivity index (χ4n) is 2.88. The Kier molecular flexibility index (Phi) is 3.55. The van der Waals surface area contributed by atoms with Gasteiger partial charge in [0.05, 0.1) is 5.69 Å². The van der Waals surface area contributed by atoms with E-state index in [1.165, 1.54) is 0 Å². The summed E-state index contributed by atoms with van der Waals surface area (Å²) in [6.07, 6.45) is -0.932. The van der Waals surface area contributed by atoms with Gasteiger partial charge >= 0.3 is 0 Å². The Bertz CT molecular complexity index is 862. The Labute approximate surface area is 147 Å². The fraction of sp³-hybridized carbons (Fsp3) is 0.118. The van der Waals surface area contributed by atoms with E-state index in [0.717, 1.165) is 4.90 Å². The van der Waals surface area contributed by atoms with E-state index in [1.807, 2.05) is 0 Å². The number of halogens is 2. The quantitative estimate of drug-likeness (QED) is 0.772. The van der Waals surface area contributed by atoms with Gasteiger partial charge in [0.15, 0.2) is 0 Å². The van der Waals surface area contributed by atoms with E-state index in [0.29, 0.717) is 27.0 Å². The summed E-state index contributed by atoms with van der Waals surface area (Å²) < 4.78 is 0. The molecule has 0 radical (unpaired) electrons. The molecule has 2 amide bonds. The van der Waals surface area contributed by atoms with Gasteiger partial charge in [0.25, 0.3) is 5.91 Å². The predicted octanol–water partition coefficient (Wildman–Crippen LogP) is 3.29. The molecule has 0 aliphatic carbocycles. The molecule has 4 rings (SSSR count). The molecule has 2 aromatic rings. The van der Waals surface area contributed by atoms with Crippen molar-refractivity contribution in [2.24, 2.45) is 11.1 Å². The van der Waals surface area contributed by atoms with Crippen molar-refractivity contribution in [2.45, 2.75) is 6.10 Å². The van der Waals surface area contributed by atoms with Crippen LogP contribution in [0.15, 0.2) is 53.7 Å². The average Bonchev–Trinajstić information content (AvgIpc) is 3.11. The molecule has 2 unspecified atom stereocenters. The Balaban J connectivity index is 1.69. The minimum absolute atomic E-state index is 0.362. The second kappa shape index (κ2) is 5.61. The standard InChI is InChI=1S/C17H10Cl2N2O3/c18-10-3-1-9(2-4-10)14-13-15(24-20-14)17(23)21(16(13)22)12-7-5-11(19)6-8-12/h1-8,13,15H. The summed E-state index contributed by atoms with van der Waals surface area (Å²) >= 11 is 11.7. The minimum atomic E-state index is -0.932. The molecule has 2 atom stereocenters. The van der Waals surface area contributed by atoms with E-state index in [2.05, 4.69) is 5.16 Å². The smallest absolute Gasteiger partial charge is 0.278 e. The lowest BCUT2D eigenvalue weighted by atomic mass is 9.94. The number of rotatable bonds is 2. The third kappa shape index (κ3) is 2.28. The van der Waals surface area contributed by atoms with Gasteiger partial charge < -0.3 is 4.84 Å². The third-order valence-corrected chi connectivity index (χ3v) is 4.54. The van der Waals surface area contributed by atoms with Gasteiger partial charge in [-0.1, -0.05) is 40.5 Å². The molecule has 5 nitrogen and oxygen atoms in total. The number of carbonyl (C=O) groups excluding carboxylic acids is 2. The van der Waals surface area contributed by atoms with Gasteiger partial charge in [0, 0.05) is 15.6 Å². The van der Waals surface area contributed by atoms with Gasteiger partial charge in [-0.25, -0.2) is 4.90 Å². The van der Waals surface area contributed by atoms with Gasteiger partial charge in [0.2, 0.25) is 12.0 Å². The van der Waals surface area contributed by atoms with Crippen LogP contribution in [0.3, 0.4) is 0 Å². The minimum Gasteiger partial charge on any atom is -0.381 e. The summed E-state index contributed by atoms with van der Waals surface area (Å²) in [7, 11) is 0. The van der Waals surface area contributed by atoms with Crippen molar-refractivity contribution in [3.63, 3.8) is 0 Å². The van der Waals surface area contributed by atoms with E-state index in [1.54, 1.807) is 48.5 Å². The highest BCUT2D eigenvalue weighted by Crippen LogP contribution is 2.35. The van der Waals surface area contributed by atoms with Crippen LogP contribution in [0.1, 0.15) is 5.56 Å². The number of carbonyl (C=O) groups is 2. The monoisotopic (exact) mass is 360 g/mol. The van der Waals surface area contributed by atoms with Crippen LogP contribution in [0.4, 0.5) is 5.69 Å². The van der Waals surface area contributed by atoms with E-state index in [9.17, 15) is 9.59 Å². The Hall–Kier alpha value is -2.37. The second-order valence-corrected chi connectivity index (χ2v) is 6.35. The molecule has 2 aliphatic heterocycles. The van der Waals surface area contributed by atoms with Crippen LogP contribution < -0.4 is 4.90 Å². The second-order valence-electron chi connectivity index (χ2n) is 5.48. The van der Waals surface area contributed by atoms with Gasteiger partial charge in [-0.05, 0) is 36.4 Å². The number of hydrogen-bond acceptors (Lipinski definition) is 4. The van der Waals surface area contributed by atoms with Crippen molar-refractivity contribution in [1.29, 1.82) is 0 Å². The first-order valence-corrected chi connectivity index (χ1v) is 7.95. The molecule has 0 N–H and O–H groups in total. The summed E-state index contributed by atoms with van der Waals surface area (Å²) in [5.74, 6) is -1.55. The number of amides is 2. The number of oxime groups is 1. The fourth-order valence-corrected chi connectivity index (χ4v) is 3.13. The topological polar surface area (TPSA) is 59.0 Å². The van der Waals surface area contributed by atoms with Crippen LogP contribution in [0.25, 0.3) is 0 Å². The largest absolute Gasteiger partial charge is 0.381 e. The van der Waals surface area contributed by atoms with Crippen LogP contribution in [-0.4, -0.2) is 23.6 Å². The molecule has 2 aromatic carbocycles. The number of imide groups is 1. The van der Waals surface area contributed by atoms with Crippen molar-refractivity contribution in [3.8, 4) is 0 Å². The maximum Gasteiger partial charge on any atom is 0.278 e. The zero-order chi connectivity index (χ0) is 16.8. The number of fused-ring (bicyclic) bond motifs is 1. The van der Waals surface area contributed by atoms with E-state index >= 15 is 0 Å². The van der Waals surface area contributed by atoms with Crippen LogP contribution in [0.2, 0.25) is 10.0 Å². The van der Waals surface area contributed by atoms with Crippen LogP contribution in [0, 0.1) is 5.92 Å². The number of anilines is 1. The molecule has 120 valence electrons. The zero-order valence-electron chi connectivity index (χ0n) is 12.1. The lowest BCUT2D eigenvalue weighted by Gasteiger charge is -2.15. The number of hydrogen-bond donors (Lipinski definition) is 0. The van der Waals surface area contributed by atoms with Crippen molar-refractivity contribution < 1.29 is 14.4 Å². The first-order valence-electron chi connectivity index (χ1n) is 7.19. The Morgan fingerprint density at radius 1 is 0.875 bits per heavy atom. The molecule has 1 saturated heterocycles. The van der Waals surface area contributed by atoms with E-state index in [-0.39, 0.29) is 5.91 Å². The molecule has 7 heteroatoms. The van der Waals surface area contributed by atoms with Crippen LogP contribution in [0.5, 0.6) is 0 Å². The molecular formula is C17H10Cl2N2O3. The first-order chi connectivity index (χ1) is 11.6. The maximum atomic E-state index is 12.8. The SMILES string of the molecule is O=C1C2ON=C(c3ccc(Cl)cc3)C2C(=O)N1c1ccc(Cl)cc1. The van der Waals surface area contributed by atoms with Gasteiger partial charge in [-0.15, -0.1) is 0 Å². The summed E-state index contributed by atoms with van der Waals surface area (Å²) in [6.45, 7) is 0. The normalized spacial score (nSPS) is 22.4. The molecule has 1 fully saturated rings. The highest BCUT2D eigenvalue weighted by atomic mass is 35.5. The lowest BCUT2D eigenvalue weighted by Crippen LogP contribution is -2.33. The van der Waals surface area contributed by atoms with E-state index in [4.69, 9.17) is 28.0 Å². The molecule has 0 aromatic heterocycles. The molecule has 24 heavy (non-hydrogen) atoms. The summed E-state index contributed by atoms with van der Waals surface area (Å²) in [5, 5.41) is 5.05. The van der Waals surface area contributed by atoms with Crippen LogP contribution >= 0.6 is 23.2 Å². The van der Waals surface area contributed by atoms with Gasteiger partial charge in [-0.3, -0.25) is 9.59 Å². The van der Waals surface area contributed by atoms with Gasteiger partial charge in [0.1, 0.15) is 11.6 Å². The van der Waals surface area contributed by atoms with Gasteiger partial charge in [-0.2, -0.15) is 0 Å². The Morgan fingerprint density at radius 2 is 1.46 bits per heavy atom. The highest BCUT2D eigenvalue weighted by Gasteiger charge is 2.56. The van der Waals surface area contributed by atoms with E-state index < -0.39 is 17.9 Å². The Morgan fingerprint density at radius 3 is 2.08 bits per heavy atom. The molecule has 2 aliphatic rings. The number of nitrogens with zero attached hydrogens (tertiary/aromatic N) is 2. The number of benzene rings is 2. The molecule has 0 saturated carbocycles. The molecule has 0 bridgehead atoms. The van der Waals surface area contributed by atoms with Crippen molar-refractivity contribution in [3.05, 3.63) is 64.1 Å². The molecular weight excluding hydrogens is 351 g/mol. The van der Waals surface area contributed by atoms with Crippen LogP contribution in [-0.2, 0) is 14.4 Å².